The van der Waals surface area contributed by atoms with Crippen molar-refractivity contribution in [3.05, 3.63) is 34.1 Å². The van der Waals surface area contributed by atoms with Gasteiger partial charge in [-0.3, -0.25) is 0 Å². The third kappa shape index (κ3) is 2.25. The third-order valence-corrected chi connectivity index (χ3v) is 2.83. The second-order valence-electron chi connectivity index (χ2n) is 3.76. The van der Waals surface area contributed by atoms with Crippen molar-refractivity contribution < 1.29 is 4.39 Å². The molecule has 1 nitrogen and oxygen atoms in total. The van der Waals surface area contributed by atoms with E-state index in [0.29, 0.717) is 10.6 Å². The second-order valence-corrected chi connectivity index (χ2v) is 4.17. The first-order valence-corrected chi connectivity index (χ1v) is 4.93. The van der Waals surface area contributed by atoms with Crippen molar-refractivity contribution in [3.63, 3.8) is 0 Å². The average molecular weight is 216 g/mol. The topological polar surface area (TPSA) is 3.24 Å². The summed E-state index contributed by atoms with van der Waals surface area (Å²) in [6.07, 6.45) is 0. The summed E-state index contributed by atoms with van der Waals surface area (Å²) in [4.78, 5) is 2.00. The van der Waals surface area contributed by atoms with Crippen LogP contribution in [0.1, 0.15) is 24.1 Å². The number of aryl methyl sites for hydroxylation is 1. The van der Waals surface area contributed by atoms with Crippen LogP contribution < -0.4 is 0 Å². The smallest absolute Gasteiger partial charge is 0.126 e. The average Bonchev–Trinajstić information content (AvgIpc) is 2.10. The molecule has 0 fully saturated rings. The maximum Gasteiger partial charge on any atom is 0.126 e. The maximum atomic E-state index is 13.3. The zero-order chi connectivity index (χ0) is 10.9. The SMILES string of the molecule is Cc1cc(Cl)c(C(C)N(C)C)cc1F. The van der Waals surface area contributed by atoms with Gasteiger partial charge >= 0.3 is 0 Å². The fraction of sp³-hybridized carbons (Fsp3) is 0.455. The van der Waals surface area contributed by atoms with Crippen LogP contribution in [0, 0.1) is 12.7 Å². The number of halogens is 2. The van der Waals surface area contributed by atoms with Crippen LogP contribution in [0.4, 0.5) is 4.39 Å². The Morgan fingerprint density at radius 3 is 2.43 bits per heavy atom. The fourth-order valence-corrected chi connectivity index (χ4v) is 1.64. The lowest BCUT2D eigenvalue weighted by Crippen LogP contribution is -2.17. The highest BCUT2D eigenvalue weighted by atomic mass is 35.5. The Balaban J connectivity index is 3.15. The van der Waals surface area contributed by atoms with E-state index in [-0.39, 0.29) is 11.9 Å². The van der Waals surface area contributed by atoms with E-state index >= 15 is 0 Å². The van der Waals surface area contributed by atoms with E-state index in [1.807, 2.05) is 25.9 Å². The first kappa shape index (κ1) is 11.5. The molecule has 3 heteroatoms. The quantitative estimate of drug-likeness (QED) is 0.731. The van der Waals surface area contributed by atoms with E-state index in [0.717, 1.165) is 5.56 Å². The summed E-state index contributed by atoms with van der Waals surface area (Å²) in [5.41, 5.74) is 1.42. The lowest BCUT2D eigenvalue weighted by atomic mass is 10.1. The number of rotatable bonds is 2. The van der Waals surface area contributed by atoms with Crippen LogP contribution in [-0.4, -0.2) is 19.0 Å². The molecule has 0 heterocycles. The van der Waals surface area contributed by atoms with Gasteiger partial charge in [-0.25, -0.2) is 4.39 Å². The van der Waals surface area contributed by atoms with Crippen molar-refractivity contribution in [3.8, 4) is 0 Å². The zero-order valence-corrected chi connectivity index (χ0v) is 9.69. The van der Waals surface area contributed by atoms with Gasteiger partial charge in [0.2, 0.25) is 0 Å². The molecule has 0 saturated carbocycles. The molecule has 0 N–H and O–H groups in total. The van der Waals surface area contributed by atoms with Crippen molar-refractivity contribution in [1.29, 1.82) is 0 Å². The van der Waals surface area contributed by atoms with Crippen LogP contribution in [-0.2, 0) is 0 Å². The van der Waals surface area contributed by atoms with Gasteiger partial charge in [-0.1, -0.05) is 11.6 Å². The van der Waals surface area contributed by atoms with Crippen LogP contribution in [0.2, 0.25) is 5.02 Å². The molecule has 0 saturated heterocycles. The summed E-state index contributed by atoms with van der Waals surface area (Å²) in [6.45, 7) is 3.71. The van der Waals surface area contributed by atoms with Gasteiger partial charge in [0, 0.05) is 11.1 Å². The molecule has 0 aliphatic carbocycles. The molecule has 0 bridgehead atoms. The van der Waals surface area contributed by atoms with Crippen molar-refractivity contribution in [2.45, 2.75) is 19.9 Å². The normalized spacial score (nSPS) is 13.4. The largest absolute Gasteiger partial charge is 0.303 e. The Bertz CT molecular complexity index is 336. The Morgan fingerprint density at radius 1 is 1.36 bits per heavy atom. The highest BCUT2D eigenvalue weighted by Crippen LogP contribution is 2.28. The molecule has 14 heavy (non-hydrogen) atoms. The summed E-state index contributed by atoms with van der Waals surface area (Å²) in [7, 11) is 3.89. The molecular weight excluding hydrogens is 201 g/mol. The lowest BCUT2D eigenvalue weighted by Gasteiger charge is -2.21. The molecule has 0 amide bonds. The molecule has 1 aromatic rings. The number of hydrogen-bond donors (Lipinski definition) is 0. The standard InChI is InChI=1S/C11H15ClFN/c1-7-5-10(12)9(6-11(7)13)8(2)14(3)4/h5-6,8H,1-4H3. The summed E-state index contributed by atoms with van der Waals surface area (Å²) < 4.78 is 13.3. The molecule has 1 rings (SSSR count). The molecule has 1 aromatic carbocycles. The first-order valence-electron chi connectivity index (χ1n) is 4.55. The zero-order valence-electron chi connectivity index (χ0n) is 8.94. The van der Waals surface area contributed by atoms with Crippen LogP contribution >= 0.6 is 11.6 Å². The Morgan fingerprint density at radius 2 is 1.93 bits per heavy atom. The van der Waals surface area contributed by atoms with E-state index in [1.54, 1.807) is 13.0 Å². The monoisotopic (exact) mass is 215 g/mol. The lowest BCUT2D eigenvalue weighted by molar-refractivity contribution is 0.320. The van der Waals surface area contributed by atoms with Crippen LogP contribution in [0.3, 0.4) is 0 Å². The number of benzene rings is 1. The minimum Gasteiger partial charge on any atom is -0.303 e. The number of nitrogens with zero attached hydrogens (tertiary/aromatic N) is 1. The van der Waals surface area contributed by atoms with Gasteiger partial charge in [0.15, 0.2) is 0 Å². The molecule has 0 aliphatic heterocycles. The van der Waals surface area contributed by atoms with Crippen molar-refractivity contribution in [2.24, 2.45) is 0 Å². The van der Waals surface area contributed by atoms with Crippen molar-refractivity contribution in [1.82, 2.24) is 4.90 Å². The molecule has 0 aliphatic rings. The summed E-state index contributed by atoms with van der Waals surface area (Å²) >= 11 is 6.05. The summed E-state index contributed by atoms with van der Waals surface area (Å²) in [5.74, 6) is -0.196. The van der Waals surface area contributed by atoms with Gasteiger partial charge in [0.25, 0.3) is 0 Å². The van der Waals surface area contributed by atoms with Gasteiger partial charge in [-0.2, -0.15) is 0 Å². The van der Waals surface area contributed by atoms with Crippen LogP contribution in [0.5, 0.6) is 0 Å². The minimum atomic E-state index is -0.196. The maximum absolute atomic E-state index is 13.3. The van der Waals surface area contributed by atoms with Crippen molar-refractivity contribution in [2.75, 3.05) is 14.1 Å². The predicted molar refractivity (Wildman–Crippen MR) is 58.2 cm³/mol. The summed E-state index contributed by atoms with van der Waals surface area (Å²) in [6, 6.07) is 3.31. The van der Waals surface area contributed by atoms with Gasteiger partial charge in [-0.05, 0) is 51.2 Å². The summed E-state index contributed by atoms with van der Waals surface area (Å²) in [5, 5.41) is 0.630. The van der Waals surface area contributed by atoms with E-state index in [4.69, 9.17) is 11.6 Å². The Hall–Kier alpha value is -0.600. The number of hydrogen-bond acceptors (Lipinski definition) is 1. The fourth-order valence-electron chi connectivity index (χ4n) is 1.26. The predicted octanol–water partition coefficient (Wildman–Crippen LogP) is 3.41. The Labute approximate surface area is 89.5 Å². The van der Waals surface area contributed by atoms with Gasteiger partial charge in [-0.15, -0.1) is 0 Å². The van der Waals surface area contributed by atoms with E-state index < -0.39 is 0 Å². The third-order valence-electron chi connectivity index (χ3n) is 2.50. The first-order chi connectivity index (χ1) is 6.43. The van der Waals surface area contributed by atoms with E-state index in [2.05, 4.69) is 0 Å². The minimum absolute atomic E-state index is 0.123. The molecule has 1 atom stereocenters. The molecular formula is C11H15ClFN. The van der Waals surface area contributed by atoms with E-state index in [1.165, 1.54) is 6.07 Å². The van der Waals surface area contributed by atoms with Gasteiger partial charge < -0.3 is 4.90 Å². The second kappa shape index (κ2) is 4.28. The molecule has 1 unspecified atom stereocenters. The highest BCUT2D eigenvalue weighted by Gasteiger charge is 2.13. The molecule has 0 aromatic heterocycles. The highest BCUT2D eigenvalue weighted by molar-refractivity contribution is 6.31. The van der Waals surface area contributed by atoms with E-state index in [9.17, 15) is 4.39 Å². The molecule has 78 valence electrons. The van der Waals surface area contributed by atoms with Crippen molar-refractivity contribution >= 4 is 11.6 Å². The van der Waals surface area contributed by atoms with Gasteiger partial charge in [0.05, 0.1) is 0 Å². The van der Waals surface area contributed by atoms with Gasteiger partial charge in [0.1, 0.15) is 5.82 Å². The van der Waals surface area contributed by atoms with Crippen LogP contribution in [0.15, 0.2) is 12.1 Å². The molecule has 0 spiro atoms. The Kier molecular flexibility index (Phi) is 3.51. The molecule has 0 radical (unpaired) electrons. The van der Waals surface area contributed by atoms with Crippen LogP contribution in [0.25, 0.3) is 0 Å².